The molecule has 0 aliphatic rings. The normalized spacial score (nSPS) is 10.6. The highest BCUT2D eigenvalue weighted by Crippen LogP contribution is 2.19. The lowest BCUT2D eigenvalue weighted by Gasteiger charge is -2.08. The molecule has 0 aliphatic carbocycles. The number of carbonyl (C=O) groups is 1. The zero-order chi connectivity index (χ0) is 15.5. The lowest BCUT2D eigenvalue weighted by Crippen LogP contribution is -2.17. The summed E-state index contributed by atoms with van der Waals surface area (Å²) in [5, 5.41) is 3.34. The van der Waals surface area contributed by atoms with Crippen molar-refractivity contribution in [2.24, 2.45) is 0 Å². The van der Waals surface area contributed by atoms with Crippen molar-refractivity contribution in [3.63, 3.8) is 0 Å². The van der Waals surface area contributed by atoms with Crippen LogP contribution in [0.1, 0.15) is 22.3 Å². The molecule has 0 radical (unpaired) electrons. The van der Waals surface area contributed by atoms with E-state index in [0.29, 0.717) is 18.8 Å². The Kier molecular flexibility index (Phi) is 9.25. The molecule has 0 aliphatic heterocycles. The number of ether oxygens (including phenoxy) is 3. The van der Waals surface area contributed by atoms with Crippen molar-refractivity contribution >= 4 is 21.9 Å². The lowest BCUT2D eigenvalue weighted by atomic mass is 10.1. The predicted octanol–water partition coefficient (Wildman–Crippen LogP) is 2.38. The van der Waals surface area contributed by atoms with Crippen molar-refractivity contribution < 1.29 is 19.0 Å². The van der Waals surface area contributed by atoms with Crippen molar-refractivity contribution in [3.8, 4) is 0 Å². The first kappa shape index (κ1) is 18.1. The van der Waals surface area contributed by atoms with Gasteiger partial charge in [-0.2, -0.15) is 0 Å². The van der Waals surface area contributed by atoms with Crippen LogP contribution in [0.4, 0.5) is 0 Å². The van der Waals surface area contributed by atoms with E-state index in [2.05, 4.69) is 26.0 Å². The van der Waals surface area contributed by atoms with Crippen molar-refractivity contribution in [1.82, 2.24) is 5.32 Å². The second-order valence-corrected chi connectivity index (χ2v) is 5.29. The van der Waals surface area contributed by atoms with Gasteiger partial charge in [0.2, 0.25) is 0 Å². The van der Waals surface area contributed by atoms with Gasteiger partial charge in [-0.25, -0.2) is 4.79 Å². The Labute approximate surface area is 134 Å². The fourth-order valence-corrected chi connectivity index (χ4v) is 2.22. The molecule has 118 valence electrons. The summed E-state index contributed by atoms with van der Waals surface area (Å²) in [6.45, 7) is 3.60. The number of nitrogens with one attached hydrogen (secondary N) is 1. The molecular weight excluding hydrogens is 338 g/mol. The minimum Gasteiger partial charge on any atom is -0.465 e. The zero-order valence-electron chi connectivity index (χ0n) is 12.5. The first-order valence-corrected chi connectivity index (χ1v) is 7.62. The average molecular weight is 360 g/mol. The van der Waals surface area contributed by atoms with Gasteiger partial charge >= 0.3 is 5.97 Å². The summed E-state index contributed by atoms with van der Waals surface area (Å²) in [7, 11) is 3.04. The van der Waals surface area contributed by atoms with E-state index >= 15 is 0 Å². The molecule has 0 spiro atoms. The first-order chi connectivity index (χ1) is 10.2. The monoisotopic (exact) mass is 359 g/mol. The maximum Gasteiger partial charge on any atom is 0.337 e. The topological polar surface area (TPSA) is 56.8 Å². The van der Waals surface area contributed by atoms with Crippen LogP contribution in [0.25, 0.3) is 0 Å². The number of halogens is 1. The Hall–Kier alpha value is -0.950. The predicted molar refractivity (Wildman–Crippen MR) is 84.5 cm³/mol. The third kappa shape index (κ3) is 7.04. The van der Waals surface area contributed by atoms with E-state index in [-0.39, 0.29) is 5.97 Å². The summed E-state index contributed by atoms with van der Waals surface area (Å²) in [5.41, 5.74) is 1.64. The molecule has 0 heterocycles. The van der Waals surface area contributed by atoms with E-state index in [1.165, 1.54) is 7.11 Å². The van der Waals surface area contributed by atoms with Gasteiger partial charge in [-0.05, 0) is 30.7 Å². The van der Waals surface area contributed by atoms with Crippen molar-refractivity contribution in [3.05, 3.63) is 33.8 Å². The Morgan fingerprint density at radius 3 is 2.71 bits per heavy atom. The molecule has 0 saturated heterocycles. The fraction of sp³-hybridized carbons (Fsp3) is 0.533. The molecule has 0 aromatic heterocycles. The highest BCUT2D eigenvalue weighted by atomic mass is 79.9. The molecule has 0 fully saturated rings. The Balaban J connectivity index is 2.25. The third-order valence-electron chi connectivity index (χ3n) is 2.86. The second kappa shape index (κ2) is 10.7. The second-order valence-electron chi connectivity index (χ2n) is 4.43. The van der Waals surface area contributed by atoms with Gasteiger partial charge in [-0.15, -0.1) is 0 Å². The van der Waals surface area contributed by atoms with Gasteiger partial charge in [-0.1, -0.05) is 22.0 Å². The summed E-state index contributed by atoms with van der Waals surface area (Å²) in [4.78, 5) is 11.4. The molecule has 0 saturated carbocycles. The molecule has 1 aromatic carbocycles. The van der Waals surface area contributed by atoms with Gasteiger partial charge in [0.05, 0.1) is 25.9 Å². The summed E-state index contributed by atoms with van der Waals surface area (Å²) < 4.78 is 15.9. The maximum absolute atomic E-state index is 11.4. The maximum atomic E-state index is 11.4. The number of rotatable bonds is 10. The summed E-state index contributed by atoms with van der Waals surface area (Å²) >= 11 is 3.47. The molecule has 0 unspecified atom stereocenters. The van der Waals surface area contributed by atoms with Crippen LogP contribution in [-0.4, -0.2) is 46.6 Å². The van der Waals surface area contributed by atoms with E-state index in [1.54, 1.807) is 19.2 Å². The average Bonchev–Trinajstić information content (AvgIpc) is 2.50. The van der Waals surface area contributed by atoms with Gasteiger partial charge in [0.25, 0.3) is 0 Å². The van der Waals surface area contributed by atoms with Crippen LogP contribution in [0.15, 0.2) is 22.7 Å². The lowest BCUT2D eigenvalue weighted by molar-refractivity contribution is 0.0600. The summed E-state index contributed by atoms with van der Waals surface area (Å²) in [6.07, 6.45) is 0.946. The van der Waals surface area contributed by atoms with Gasteiger partial charge < -0.3 is 19.5 Å². The van der Waals surface area contributed by atoms with Crippen molar-refractivity contribution in [1.29, 1.82) is 0 Å². The van der Waals surface area contributed by atoms with Crippen LogP contribution in [0, 0.1) is 0 Å². The van der Waals surface area contributed by atoms with Gasteiger partial charge in [0.15, 0.2) is 0 Å². The van der Waals surface area contributed by atoms with Crippen LogP contribution in [0.5, 0.6) is 0 Å². The third-order valence-corrected chi connectivity index (χ3v) is 3.60. The number of methoxy groups -OCH3 is 2. The Morgan fingerprint density at radius 1 is 1.24 bits per heavy atom. The van der Waals surface area contributed by atoms with Gasteiger partial charge in [0, 0.05) is 24.7 Å². The summed E-state index contributed by atoms with van der Waals surface area (Å²) in [6, 6.07) is 5.45. The number of esters is 1. The number of hydrogen-bond donors (Lipinski definition) is 1. The van der Waals surface area contributed by atoms with E-state index in [0.717, 1.165) is 36.2 Å². The highest BCUT2D eigenvalue weighted by Gasteiger charge is 2.08. The molecule has 1 aromatic rings. The van der Waals surface area contributed by atoms with Crippen LogP contribution < -0.4 is 5.32 Å². The van der Waals surface area contributed by atoms with E-state index < -0.39 is 0 Å². The Morgan fingerprint density at radius 2 is 2.05 bits per heavy atom. The number of carbonyl (C=O) groups excluding carboxylic acids is 1. The van der Waals surface area contributed by atoms with Gasteiger partial charge in [-0.3, -0.25) is 0 Å². The molecule has 0 amide bonds. The highest BCUT2D eigenvalue weighted by molar-refractivity contribution is 9.10. The molecule has 5 nitrogen and oxygen atoms in total. The first-order valence-electron chi connectivity index (χ1n) is 6.83. The largest absolute Gasteiger partial charge is 0.465 e. The minimum atomic E-state index is -0.330. The molecule has 0 bridgehead atoms. The zero-order valence-corrected chi connectivity index (χ0v) is 14.1. The number of benzene rings is 1. The molecule has 6 heteroatoms. The molecule has 0 atom stereocenters. The smallest absolute Gasteiger partial charge is 0.337 e. The van der Waals surface area contributed by atoms with Crippen LogP contribution in [-0.2, 0) is 20.8 Å². The molecule has 1 N–H and O–H groups in total. The van der Waals surface area contributed by atoms with E-state index in [4.69, 9.17) is 9.47 Å². The van der Waals surface area contributed by atoms with Crippen molar-refractivity contribution in [2.45, 2.75) is 13.0 Å². The van der Waals surface area contributed by atoms with Crippen LogP contribution in [0.3, 0.4) is 0 Å². The fourth-order valence-electron chi connectivity index (χ4n) is 1.70. The van der Waals surface area contributed by atoms with Crippen molar-refractivity contribution in [2.75, 3.05) is 40.6 Å². The minimum absolute atomic E-state index is 0.330. The molecular formula is C15H22BrNO4. The molecule has 1 rings (SSSR count). The SMILES string of the molecule is COCCOCCCNCc1ccc(C(=O)OC)cc1Br. The quantitative estimate of drug-likeness (QED) is 0.513. The summed E-state index contributed by atoms with van der Waals surface area (Å²) in [5.74, 6) is -0.330. The van der Waals surface area contributed by atoms with E-state index in [1.807, 2.05) is 6.07 Å². The number of hydrogen-bond acceptors (Lipinski definition) is 5. The Bertz CT molecular complexity index is 440. The van der Waals surface area contributed by atoms with Crippen LogP contribution in [0.2, 0.25) is 0 Å². The van der Waals surface area contributed by atoms with E-state index in [9.17, 15) is 4.79 Å². The standard InChI is InChI=1S/C15H22BrNO4/c1-19-8-9-21-7-3-6-17-11-13-5-4-12(10-14(13)16)15(18)20-2/h4-5,10,17H,3,6-9,11H2,1-2H3. The van der Waals surface area contributed by atoms with Crippen LogP contribution >= 0.6 is 15.9 Å². The molecule has 21 heavy (non-hydrogen) atoms. The van der Waals surface area contributed by atoms with Gasteiger partial charge in [0.1, 0.15) is 0 Å².